The van der Waals surface area contributed by atoms with Crippen molar-refractivity contribution in [2.24, 2.45) is 0 Å². The minimum absolute atomic E-state index is 0.432. The third-order valence-corrected chi connectivity index (χ3v) is 2.24. The third-order valence-electron chi connectivity index (χ3n) is 1.56. The highest BCUT2D eigenvalue weighted by Crippen LogP contribution is 2.17. The van der Waals surface area contributed by atoms with Gasteiger partial charge >= 0.3 is 0 Å². The average Bonchev–Trinajstić information content (AvgIpc) is 2.49. The van der Waals surface area contributed by atoms with E-state index in [1.807, 2.05) is 18.2 Å². The molecule has 4 heteroatoms. The van der Waals surface area contributed by atoms with E-state index in [-0.39, 0.29) is 0 Å². The molecule has 58 valence electrons. The molecule has 0 atom stereocenters. The fourth-order valence-electron chi connectivity index (χ4n) is 1.04. The summed E-state index contributed by atoms with van der Waals surface area (Å²) in [6.45, 7) is 0. The molecule has 0 aliphatic rings. The minimum Gasteiger partial charge on any atom is -0.239 e. The van der Waals surface area contributed by atoms with E-state index in [2.05, 4.69) is 21.0 Å². The standard InChI is InChI=1S/C8H4BrN3/c9-7-2-1-3-12-8(7)4-6(5-10)11-12/h1-4H. The van der Waals surface area contributed by atoms with Crippen LogP contribution in [0, 0.1) is 11.3 Å². The molecule has 2 aromatic rings. The van der Waals surface area contributed by atoms with Crippen LogP contribution >= 0.6 is 15.9 Å². The Hall–Kier alpha value is -1.34. The summed E-state index contributed by atoms with van der Waals surface area (Å²) in [5, 5.41) is 12.6. The van der Waals surface area contributed by atoms with Gasteiger partial charge in [-0.1, -0.05) is 0 Å². The summed E-state index contributed by atoms with van der Waals surface area (Å²) in [4.78, 5) is 0. The number of aromatic nitrogens is 2. The molecule has 12 heavy (non-hydrogen) atoms. The van der Waals surface area contributed by atoms with Gasteiger partial charge in [0, 0.05) is 16.7 Å². The first-order valence-corrected chi connectivity index (χ1v) is 4.14. The van der Waals surface area contributed by atoms with E-state index in [1.54, 1.807) is 16.8 Å². The van der Waals surface area contributed by atoms with E-state index in [1.165, 1.54) is 0 Å². The number of fused-ring (bicyclic) bond motifs is 1. The van der Waals surface area contributed by atoms with Crippen LogP contribution in [0.3, 0.4) is 0 Å². The van der Waals surface area contributed by atoms with Crippen LogP contribution < -0.4 is 0 Å². The number of nitrogens with zero attached hydrogens (tertiary/aromatic N) is 3. The van der Waals surface area contributed by atoms with Crippen LogP contribution in [-0.2, 0) is 0 Å². The number of rotatable bonds is 0. The van der Waals surface area contributed by atoms with Crippen molar-refractivity contribution in [3.05, 3.63) is 34.6 Å². The molecule has 0 bridgehead atoms. The Balaban J connectivity index is 2.85. The van der Waals surface area contributed by atoms with Crippen molar-refractivity contribution in [3.63, 3.8) is 0 Å². The van der Waals surface area contributed by atoms with Crippen LogP contribution in [0.1, 0.15) is 5.69 Å². The zero-order chi connectivity index (χ0) is 8.55. The molecule has 0 aliphatic heterocycles. The smallest absolute Gasteiger partial charge is 0.163 e. The Morgan fingerprint density at radius 1 is 1.58 bits per heavy atom. The highest BCUT2D eigenvalue weighted by Gasteiger charge is 2.01. The van der Waals surface area contributed by atoms with Gasteiger partial charge in [0.15, 0.2) is 5.69 Å². The number of halogens is 1. The SMILES string of the molecule is N#Cc1cc2c(Br)cccn2n1. The number of pyridine rings is 1. The second-order valence-corrected chi connectivity index (χ2v) is 3.18. The Bertz CT molecular complexity index is 467. The highest BCUT2D eigenvalue weighted by atomic mass is 79.9. The minimum atomic E-state index is 0.432. The summed E-state index contributed by atoms with van der Waals surface area (Å²) < 4.78 is 2.61. The Kier molecular flexibility index (Phi) is 1.59. The molecule has 2 heterocycles. The van der Waals surface area contributed by atoms with Crippen LogP contribution in [0.2, 0.25) is 0 Å². The van der Waals surface area contributed by atoms with Crippen molar-refractivity contribution in [2.75, 3.05) is 0 Å². The fourth-order valence-corrected chi connectivity index (χ4v) is 1.48. The molecule has 0 fully saturated rings. The summed E-state index contributed by atoms with van der Waals surface area (Å²) in [5.74, 6) is 0. The van der Waals surface area contributed by atoms with Gasteiger partial charge in [-0.3, -0.25) is 0 Å². The molecule has 0 aliphatic carbocycles. The predicted octanol–water partition coefficient (Wildman–Crippen LogP) is 1.97. The second-order valence-electron chi connectivity index (χ2n) is 2.33. The number of hydrogen-bond donors (Lipinski definition) is 0. The second kappa shape index (κ2) is 2.61. The molecule has 0 spiro atoms. The van der Waals surface area contributed by atoms with Gasteiger partial charge in [-0.05, 0) is 28.1 Å². The zero-order valence-electron chi connectivity index (χ0n) is 6.03. The Morgan fingerprint density at radius 3 is 3.08 bits per heavy atom. The van der Waals surface area contributed by atoms with Crippen LogP contribution in [0.5, 0.6) is 0 Å². The van der Waals surface area contributed by atoms with E-state index in [0.29, 0.717) is 5.69 Å². The maximum Gasteiger partial charge on any atom is 0.163 e. The molecule has 0 saturated carbocycles. The molecule has 2 rings (SSSR count). The molecule has 0 aromatic carbocycles. The highest BCUT2D eigenvalue weighted by molar-refractivity contribution is 9.10. The number of nitriles is 1. The molecular formula is C8H4BrN3. The van der Waals surface area contributed by atoms with Crippen molar-refractivity contribution >= 4 is 21.4 Å². The first-order chi connectivity index (χ1) is 5.81. The first-order valence-electron chi connectivity index (χ1n) is 3.35. The Morgan fingerprint density at radius 2 is 2.42 bits per heavy atom. The van der Waals surface area contributed by atoms with E-state index in [0.717, 1.165) is 9.99 Å². The average molecular weight is 222 g/mol. The lowest BCUT2D eigenvalue weighted by Crippen LogP contribution is -1.85. The molecular weight excluding hydrogens is 218 g/mol. The van der Waals surface area contributed by atoms with Gasteiger partial charge in [0.05, 0.1) is 5.52 Å². The third kappa shape index (κ3) is 0.990. The van der Waals surface area contributed by atoms with Gasteiger partial charge < -0.3 is 0 Å². The summed E-state index contributed by atoms with van der Waals surface area (Å²) in [6, 6.07) is 7.51. The van der Waals surface area contributed by atoms with Crippen molar-refractivity contribution in [1.82, 2.24) is 9.61 Å². The molecule has 0 N–H and O–H groups in total. The molecule has 0 saturated heterocycles. The molecule has 0 amide bonds. The van der Waals surface area contributed by atoms with Crippen LogP contribution in [-0.4, -0.2) is 9.61 Å². The van der Waals surface area contributed by atoms with Gasteiger partial charge in [0.1, 0.15) is 6.07 Å². The van der Waals surface area contributed by atoms with Crippen LogP contribution in [0.4, 0.5) is 0 Å². The maximum absolute atomic E-state index is 8.59. The molecule has 0 radical (unpaired) electrons. The topological polar surface area (TPSA) is 41.1 Å². The van der Waals surface area contributed by atoms with E-state index in [4.69, 9.17) is 5.26 Å². The normalized spacial score (nSPS) is 10.0. The maximum atomic E-state index is 8.59. The largest absolute Gasteiger partial charge is 0.239 e. The summed E-state index contributed by atoms with van der Waals surface area (Å²) in [7, 11) is 0. The van der Waals surface area contributed by atoms with Crippen LogP contribution in [0.15, 0.2) is 28.9 Å². The van der Waals surface area contributed by atoms with Crippen molar-refractivity contribution in [3.8, 4) is 6.07 Å². The van der Waals surface area contributed by atoms with Gasteiger partial charge in [0.2, 0.25) is 0 Å². The lowest BCUT2D eigenvalue weighted by Gasteiger charge is -1.92. The van der Waals surface area contributed by atoms with Gasteiger partial charge in [-0.2, -0.15) is 10.4 Å². The summed E-state index contributed by atoms with van der Waals surface area (Å²) in [5.41, 5.74) is 1.34. The van der Waals surface area contributed by atoms with Crippen molar-refractivity contribution in [1.29, 1.82) is 5.26 Å². The zero-order valence-corrected chi connectivity index (χ0v) is 7.62. The summed E-state index contributed by atoms with van der Waals surface area (Å²) in [6.07, 6.45) is 1.81. The lowest BCUT2D eigenvalue weighted by atomic mass is 10.4. The van der Waals surface area contributed by atoms with Gasteiger partial charge in [0.25, 0.3) is 0 Å². The lowest BCUT2D eigenvalue weighted by molar-refractivity contribution is 0.948. The van der Waals surface area contributed by atoms with E-state index < -0.39 is 0 Å². The van der Waals surface area contributed by atoms with Crippen molar-refractivity contribution < 1.29 is 0 Å². The summed E-state index contributed by atoms with van der Waals surface area (Å²) >= 11 is 3.37. The first kappa shape index (κ1) is 7.32. The van der Waals surface area contributed by atoms with Gasteiger partial charge in [-0.15, -0.1) is 0 Å². The van der Waals surface area contributed by atoms with Gasteiger partial charge in [-0.25, -0.2) is 4.52 Å². The van der Waals surface area contributed by atoms with Crippen molar-refractivity contribution in [2.45, 2.75) is 0 Å². The van der Waals surface area contributed by atoms with E-state index in [9.17, 15) is 0 Å². The Labute approximate surface area is 77.4 Å². The predicted molar refractivity (Wildman–Crippen MR) is 47.6 cm³/mol. The quantitative estimate of drug-likeness (QED) is 0.683. The van der Waals surface area contributed by atoms with E-state index >= 15 is 0 Å². The molecule has 2 aromatic heterocycles. The fraction of sp³-hybridized carbons (Fsp3) is 0. The van der Waals surface area contributed by atoms with Crippen LogP contribution in [0.25, 0.3) is 5.52 Å². The number of hydrogen-bond acceptors (Lipinski definition) is 2. The molecule has 3 nitrogen and oxygen atoms in total. The monoisotopic (exact) mass is 221 g/mol. The molecule has 0 unspecified atom stereocenters.